The molecule has 2 aromatic rings. The summed E-state index contributed by atoms with van der Waals surface area (Å²) in [4.78, 5) is 0. The molecule has 0 saturated carbocycles. The minimum Gasteiger partial charge on any atom is -0.405 e. The van der Waals surface area contributed by atoms with Crippen LogP contribution >= 0.6 is 15.9 Å². The van der Waals surface area contributed by atoms with E-state index in [1.54, 1.807) is 12.1 Å². The number of halogens is 4. The van der Waals surface area contributed by atoms with Crippen LogP contribution in [0.15, 0.2) is 22.7 Å². The first kappa shape index (κ1) is 15.7. The normalized spacial score (nSPS) is 13.2. The Balaban J connectivity index is 1.97. The van der Waals surface area contributed by atoms with E-state index in [1.165, 1.54) is 6.07 Å². The van der Waals surface area contributed by atoms with Crippen LogP contribution in [0.25, 0.3) is 0 Å². The van der Waals surface area contributed by atoms with Gasteiger partial charge in [0.2, 0.25) is 0 Å². The minimum absolute atomic E-state index is 0.145. The van der Waals surface area contributed by atoms with Gasteiger partial charge in [0, 0.05) is 6.54 Å². The molecule has 0 fully saturated rings. The molecule has 0 amide bonds. The molecule has 0 aliphatic carbocycles. The summed E-state index contributed by atoms with van der Waals surface area (Å²) < 4.78 is 40.6. The van der Waals surface area contributed by atoms with Crippen molar-refractivity contribution in [1.82, 2.24) is 25.9 Å². The largest absolute Gasteiger partial charge is 0.573 e. The molecule has 1 heterocycles. The molecule has 1 aromatic carbocycles. The number of alkyl halides is 3. The standard InChI is InChI=1S/C11H11BrF3N5O/c1-6(10-17-19-20-18-10)16-5-7-2-3-9(8(12)4-7)21-11(13,14)15/h2-4,6,16H,5H2,1H3,(H,17,18,19,20). The molecule has 2 rings (SSSR count). The average Bonchev–Trinajstić information content (AvgIpc) is 2.91. The van der Waals surface area contributed by atoms with Crippen molar-refractivity contribution in [3.63, 3.8) is 0 Å². The van der Waals surface area contributed by atoms with Crippen LogP contribution in [0.3, 0.4) is 0 Å². The number of benzene rings is 1. The monoisotopic (exact) mass is 365 g/mol. The number of aromatic amines is 1. The lowest BCUT2D eigenvalue weighted by molar-refractivity contribution is -0.274. The smallest absolute Gasteiger partial charge is 0.405 e. The number of tetrazole rings is 1. The Morgan fingerprint density at radius 1 is 1.43 bits per heavy atom. The van der Waals surface area contributed by atoms with Crippen molar-refractivity contribution in [2.75, 3.05) is 0 Å². The summed E-state index contributed by atoms with van der Waals surface area (Å²) in [6.07, 6.45) is -4.71. The number of hydrogen-bond acceptors (Lipinski definition) is 5. The van der Waals surface area contributed by atoms with Crippen LogP contribution in [0.1, 0.15) is 24.4 Å². The van der Waals surface area contributed by atoms with E-state index in [9.17, 15) is 13.2 Å². The lowest BCUT2D eigenvalue weighted by atomic mass is 10.2. The zero-order chi connectivity index (χ0) is 15.5. The molecule has 114 valence electrons. The fourth-order valence-corrected chi connectivity index (χ4v) is 2.08. The van der Waals surface area contributed by atoms with Crippen LogP contribution in [-0.4, -0.2) is 27.0 Å². The maximum absolute atomic E-state index is 12.2. The Hall–Kier alpha value is -1.68. The minimum atomic E-state index is -4.71. The predicted octanol–water partition coefficient (Wildman–Crippen LogP) is 2.71. The molecule has 0 radical (unpaired) electrons. The van der Waals surface area contributed by atoms with Crippen LogP contribution in [0.4, 0.5) is 13.2 Å². The van der Waals surface area contributed by atoms with E-state index in [0.29, 0.717) is 12.4 Å². The van der Waals surface area contributed by atoms with Gasteiger partial charge >= 0.3 is 6.36 Å². The molecule has 10 heteroatoms. The van der Waals surface area contributed by atoms with Crippen molar-refractivity contribution in [3.8, 4) is 5.75 Å². The lowest BCUT2D eigenvalue weighted by Gasteiger charge is -2.13. The first-order valence-corrected chi connectivity index (χ1v) is 6.65. The van der Waals surface area contributed by atoms with Crippen molar-refractivity contribution in [1.29, 1.82) is 0 Å². The zero-order valence-electron chi connectivity index (χ0n) is 10.8. The maximum atomic E-state index is 12.2. The molecule has 21 heavy (non-hydrogen) atoms. The molecule has 0 aliphatic rings. The number of rotatable bonds is 5. The molecule has 0 bridgehead atoms. The van der Waals surface area contributed by atoms with Gasteiger partial charge in [-0.1, -0.05) is 11.3 Å². The first-order chi connectivity index (χ1) is 9.85. The number of hydrogen-bond donors (Lipinski definition) is 2. The van der Waals surface area contributed by atoms with Crippen molar-refractivity contribution in [2.45, 2.75) is 25.9 Å². The van der Waals surface area contributed by atoms with E-state index < -0.39 is 6.36 Å². The van der Waals surface area contributed by atoms with Crippen LogP contribution in [0, 0.1) is 0 Å². The number of nitrogens with zero attached hydrogens (tertiary/aromatic N) is 3. The summed E-state index contributed by atoms with van der Waals surface area (Å²) in [5, 5.41) is 16.6. The van der Waals surface area contributed by atoms with Crippen molar-refractivity contribution in [3.05, 3.63) is 34.1 Å². The van der Waals surface area contributed by atoms with Gasteiger partial charge in [-0.25, -0.2) is 0 Å². The van der Waals surface area contributed by atoms with Crippen LogP contribution in [-0.2, 0) is 6.54 Å². The van der Waals surface area contributed by atoms with Gasteiger partial charge in [-0.15, -0.1) is 23.4 Å². The van der Waals surface area contributed by atoms with Gasteiger partial charge in [-0.2, -0.15) is 5.21 Å². The lowest BCUT2D eigenvalue weighted by Crippen LogP contribution is -2.20. The van der Waals surface area contributed by atoms with E-state index in [2.05, 4.69) is 46.6 Å². The van der Waals surface area contributed by atoms with E-state index in [0.717, 1.165) is 5.56 Å². The van der Waals surface area contributed by atoms with E-state index >= 15 is 0 Å². The molecule has 0 saturated heterocycles. The Bertz CT molecular complexity index is 590. The van der Waals surface area contributed by atoms with E-state index in [4.69, 9.17) is 0 Å². The molecule has 1 unspecified atom stereocenters. The van der Waals surface area contributed by atoms with Crippen molar-refractivity contribution >= 4 is 15.9 Å². The summed E-state index contributed by atoms with van der Waals surface area (Å²) >= 11 is 3.05. The Kier molecular flexibility index (Phi) is 4.78. The Morgan fingerprint density at radius 2 is 2.19 bits per heavy atom. The van der Waals surface area contributed by atoms with Crippen LogP contribution in [0.2, 0.25) is 0 Å². The van der Waals surface area contributed by atoms with Crippen molar-refractivity contribution < 1.29 is 17.9 Å². The zero-order valence-corrected chi connectivity index (χ0v) is 12.4. The number of H-pyrrole nitrogens is 1. The quantitative estimate of drug-likeness (QED) is 0.851. The molecule has 0 aliphatic heterocycles. The number of aromatic nitrogens is 4. The third-order valence-corrected chi connectivity index (χ3v) is 3.20. The maximum Gasteiger partial charge on any atom is 0.573 e. The summed E-state index contributed by atoms with van der Waals surface area (Å²) in [5.41, 5.74) is 0.784. The molecule has 1 atom stereocenters. The summed E-state index contributed by atoms with van der Waals surface area (Å²) in [6.45, 7) is 2.28. The highest BCUT2D eigenvalue weighted by Gasteiger charge is 2.31. The van der Waals surface area contributed by atoms with Crippen LogP contribution in [0.5, 0.6) is 5.75 Å². The van der Waals surface area contributed by atoms with Gasteiger partial charge in [0.25, 0.3) is 0 Å². The summed E-state index contributed by atoms with van der Waals surface area (Å²) in [6, 6.07) is 4.21. The summed E-state index contributed by atoms with van der Waals surface area (Å²) in [5.74, 6) is 0.226. The summed E-state index contributed by atoms with van der Waals surface area (Å²) in [7, 11) is 0. The second-order valence-electron chi connectivity index (χ2n) is 4.19. The second-order valence-corrected chi connectivity index (χ2v) is 5.04. The van der Waals surface area contributed by atoms with Gasteiger partial charge in [-0.05, 0) is 40.5 Å². The highest BCUT2D eigenvalue weighted by Crippen LogP contribution is 2.31. The van der Waals surface area contributed by atoms with E-state index in [-0.39, 0.29) is 16.3 Å². The molecular weight excluding hydrogens is 355 g/mol. The van der Waals surface area contributed by atoms with Gasteiger partial charge in [0.15, 0.2) is 5.82 Å². The Labute approximate surface area is 126 Å². The highest BCUT2D eigenvalue weighted by molar-refractivity contribution is 9.10. The topological polar surface area (TPSA) is 75.7 Å². The van der Waals surface area contributed by atoms with E-state index in [1.807, 2.05) is 6.92 Å². The van der Waals surface area contributed by atoms with Crippen LogP contribution < -0.4 is 10.1 Å². The fourth-order valence-electron chi connectivity index (χ4n) is 1.58. The van der Waals surface area contributed by atoms with Crippen molar-refractivity contribution in [2.24, 2.45) is 0 Å². The fraction of sp³-hybridized carbons (Fsp3) is 0.364. The number of ether oxygens (including phenoxy) is 1. The molecule has 1 aromatic heterocycles. The molecule has 6 nitrogen and oxygen atoms in total. The third-order valence-electron chi connectivity index (χ3n) is 2.58. The second kappa shape index (κ2) is 6.39. The molecular formula is C11H11BrF3N5O. The van der Waals surface area contributed by atoms with Gasteiger partial charge < -0.3 is 10.1 Å². The highest BCUT2D eigenvalue weighted by atomic mass is 79.9. The van der Waals surface area contributed by atoms with Gasteiger partial charge in [-0.3, -0.25) is 0 Å². The number of nitrogens with one attached hydrogen (secondary N) is 2. The predicted molar refractivity (Wildman–Crippen MR) is 70.3 cm³/mol. The molecule has 2 N–H and O–H groups in total. The van der Waals surface area contributed by atoms with Gasteiger partial charge in [0.05, 0.1) is 10.5 Å². The first-order valence-electron chi connectivity index (χ1n) is 5.86. The Morgan fingerprint density at radius 3 is 2.76 bits per heavy atom. The molecule has 0 spiro atoms. The average molecular weight is 366 g/mol. The van der Waals surface area contributed by atoms with Gasteiger partial charge in [0.1, 0.15) is 5.75 Å². The SMILES string of the molecule is CC(NCc1ccc(OC(F)(F)F)c(Br)c1)c1nn[nH]n1. The third kappa shape index (κ3) is 4.67.